The third-order valence-electron chi connectivity index (χ3n) is 1.88. The van der Waals surface area contributed by atoms with Gasteiger partial charge in [-0.15, -0.1) is 0 Å². The van der Waals surface area contributed by atoms with Gasteiger partial charge in [0, 0.05) is 6.54 Å². The Morgan fingerprint density at radius 2 is 2.57 bits per heavy atom. The maximum atomic E-state index is 11.2. The summed E-state index contributed by atoms with van der Waals surface area (Å²) in [6, 6.07) is 3.93. The molecule has 0 aromatic carbocycles. The predicted molar refractivity (Wildman–Crippen MR) is 55.8 cm³/mol. The van der Waals surface area contributed by atoms with Crippen LogP contribution in [0.15, 0.2) is 16.8 Å². The number of thiophene rings is 1. The van der Waals surface area contributed by atoms with Crippen molar-refractivity contribution in [2.45, 2.75) is 13.3 Å². The highest BCUT2D eigenvalue weighted by atomic mass is 32.1. The zero-order valence-electron chi connectivity index (χ0n) is 7.99. The summed E-state index contributed by atoms with van der Waals surface area (Å²) < 4.78 is 0. The first-order valence-electron chi connectivity index (χ1n) is 4.42. The van der Waals surface area contributed by atoms with Gasteiger partial charge in [-0.3, -0.25) is 4.79 Å². The minimum Gasteiger partial charge on any atom is -0.355 e. The van der Waals surface area contributed by atoms with Gasteiger partial charge in [-0.2, -0.15) is 16.6 Å². The lowest BCUT2D eigenvalue weighted by atomic mass is 10.2. The Morgan fingerprint density at radius 3 is 3.14 bits per heavy atom. The highest BCUT2D eigenvalue weighted by Crippen LogP contribution is 2.05. The summed E-state index contributed by atoms with van der Waals surface area (Å²) in [5.74, 6) is -0.750. The Labute approximate surface area is 87.4 Å². The molecule has 0 fully saturated rings. The van der Waals surface area contributed by atoms with E-state index in [1.165, 1.54) is 5.56 Å². The van der Waals surface area contributed by atoms with Crippen LogP contribution in [0.5, 0.6) is 0 Å². The quantitative estimate of drug-likeness (QED) is 0.816. The zero-order chi connectivity index (χ0) is 10.4. The molecule has 3 nitrogen and oxygen atoms in total. The van der Waals surface area contributed by atoms with E-state index in [9.17, 15) is 4.79 Å². The summed E-state index contributed by atoms with van der Waals surface area (Å²) in [7, 11) is 0. The smallest absolute Gasteiger partial charge is 0.237 e. The fourth-order valence-corrected chi connectivity index (χ4v) is 1.68. The van der Waals surface area contributed by atoms with Gasteiger partial charge in [0.25, 0.3) is 0 Å². The molecule has 1 amide bonds. The number of carbonyl (C=O) groups excluding carboxylic acids is 1. The average Bonchev–Trinajstić information content (AvgIpc) is 2.69. The second kappa shape index (κ2) is 5.40. The summed E-state index contributed by atoms with van der Waals surface area (Å²) in [6.45, 7) is 2.20. The van der Waals surface area contributed by atoms with Crippen molar-refractivity contribution in [2.75, 3.05) is 6.54 Å². The molecular formula is C10H12N2OS. The number of amides is 1. The number of carbonyl (C=O) groups is 1. The Morgan fingerprint density at radius 1 is 1.79 bits per heavy atom. The molecule has 0 saturated heterocycles. The second-order valence-electron chi connectivity index (χ2n) is 3.02. The van der Waals surface area contributed by atoms with E-state index < -0.39 is 5.92 Å². The molecule has 0 spiro atoms. The van der Waals surface area contributed by atoms with Gasteiger partial charge in [-0.25, -0.2) is 0 Å². The van der Waals surface area contributed by atoms with Gasteiger partial charge >= 0.3 is 0 Å². The third-order valence-corrected chi connectivity index (χ3v) is 2.61. The highest BCUT2D eigenvalue weighted by molar-refractivity contribution is 7.07. The second-order valence-corrected chi connectivity index (χ2v) is 3.80. The molecule has 0 aliphatic heterocycles. The maximum absolute atomic E-state index is 11.2. The van der Waals surface area contributed by atoms with E-state index in [-0.39, 0.29) is 5.91 Å². The molecule has 0 aliphatic carbocycles. The number of nitriles is 1. The lowest BCUT2D eigenvalue weighted by Crippen LogP contribution is -2.30. The fraction of sp³-hybridized carbons (Fsp3) is 0.400. The topological polar surface area (TPSA) is 52.9 Å². The van der Waals surface area contributed by atoms with Gasteiger partial charge in [-0.1, -0.05) is 0 Å². The van der Waals surface area contributed by atoms with Crippen LogP contribution in [0.3, 0.4) is 0 Å². The Bertz CT molecular complexity index is 326. The van der Waals surface area contributed by atoms with E-state index >= 15 is 0 Å². The molecule has 1 rings (SSSR count). The van der Waals surface area contributed by atoms with Crippen LogP contribution in [0.4, 0.5) is 0 Å². The standard InChI is InChI=1S/C10H12N2OS/c1-8(6-11)10(13)12-4-2-9-3-5-14-7-9/h3,5,7-8H,2,4H2,1H3,(H,12,13). The summed E-state index contributed by atoms with van der Waals surface area (Å²) in [6.07, 6.45) is 0.827. The van der Waals surface area contributed by atoms with E-state index in [2.05, 4.69) is 10.7 Å². The van der Waals surface area contributed by atoms with Crippen LogP contribution in [0, 0.1) is 17.2 Å². The minimum atomic E-state index is -0.558. The average molecular weight is 208 g/mol. The maximum Gasteiger partial charge on any atom is 0.237 e. The minimum absolute atomic E-state index is 0.192. The number of nitrogens with zero attached hydrogens (tertiary/aromatic N) is 1. The Kier molecular flexibility index (Phi) is 4.14. The van der Waals surface area contributed by atoms with Gasteiger partial charge in [0.1, 0.15) is 5.92 Å². The van der Waals surface area contributed by atoms with E-state index in [1.807, 2.05) is 17.5 Å². The predicted octanol–water partition coefficient (Wildman–Crippen LogP) is 1.57. The van der Waals surface area contributed by atoms with Crippen molar-refractivity contribution in [1.29, 1.82) is 5.26 Å². The van der Waals surface area contributed by atoms with Gasteiger partial charge in [0.2, 0.25) is 5.91 Å². The molecule has 14 heavy (non-hydrogen) atoms. The summed E-state index contributed by atoms with van der Waals surface area (Å²) >= 11 is 1.64. The zero-order valence-corrected chi connectivity index (χ0v) is 8.80. The molecule has 74 valence electrons. The van der Waals surface area contributed by atoms with Crippen LogP contribution >= 0.6 is 11.3 Å². The first-order valence-corrected chi connectivity index (χ1v) is 5.36. The van der Waals surface area contributed by atoms with Crippen LogP contribution in [-0.2, 0) is 11.2 Å². The monoisotopic (exact) mass is 208 g/mol. The molecule has 4 heteroatoms. The largest absolute Gasteiger partial charge is 0.355 e. The highest BCUT2D eigenvalue weighted by Gasteiger charge is 2.09. The van der Waals surface area contributed by atoms with E-state index in [0.29, 0.717) is 6.54 Å². The molecule has 0 radical (unpaired) electrons. The van der Waals surface area contributed by atoms with Crippen molar-refractivity contribution in [3.63, 3.8) is 0 Å². The number of hydrogen-bond acceptors (Lipinski definition) is 3. The Balaban J connectivity index is 2.23. The first kappa shape index (κ1) is 10.7. The molecule has 1 heterocycles. The van der Waals surface area contributed by atoms with Gasteiger partial charge in [0.05, 0.1) is 6.07 Å². The first-order chi connectivity index (χ1) is 6.74. The molecule has 1 unspecified atom stereocenters. The molecule has 1 aromatic heterocycles. The molecule has 1 atom stereocenters. The molecular weight excluding hydrogens is 196 g/mol. The third kappa shape index (κ3) is 3.19. The van der Waals surface area contributed by atoms with Crippen LogP contribution in [0.1, 0.15) is 12.5 Å². The lowest BCUT2D eigenvalue weighted by molar-refractivity contribution is -0.122. The normalized spacial score (nSPS) is 11.7. The molecule has 0 bridgehead atoms. The lowest BCUT2D eigenvalue weighted by Gasteiger charge is -2.04. The van der Waals surface area contributed by atoms with Crippen LogP contribution in [0.25, 0.3) is 0 Å². The van der Waals surface area contributed by atoms with Crippen LogP contribution in [0.2, 0.25) is 0 Å². The van der Waals surface area contributed by atoms with E-state index in [1.54, 1.807) is 18.3 Å². The van der Waals surface area contributed by atoms with Crippen molar-refractivity contribution in [3.05, 3.63) is 22.4 Å². The molecule has 1 aromatic rings. The summed E-state index contributed by atoms with van der Waals surface area (Å²) in [5, 5.41) is 15.3. The van der Waals surface area contributed by atoms with Crippen molar-refractivity contribution >= 4 is 17.2 Å². The SMILES string of the molecule is CC(C#N)C(=O)NCCc1ccsc1. The van der Waals surface area contributed by atoms with Crippen LogP contribution < -0.4 is 5.32 Å². The molecule has 0 saturated carbocycles. The van der Waals surface area contributed by atoms with Crippen molar-refractivity contribution in [3.8, 4) is 6.07 Å². The van der Waals surface area contributed by atoms with Crippen molar-refractivity contribution in [2.24, 2.45) is 5.92 Å². The summed E-state index contributed by atoms with van der Waals surface area (Å²) in [4.78, 5) is 11.2. The van der Waals surface area contributed by atoms with Crippen molar-refractivity contribution < 1.29 is 4.79 Å². The van der Waals surface area contributed by atoms with Crippen LogP contribution in [-0.4, -0.2) is 12.5 Å². The molecule has 0 aliphatic rings. The van der Waals surface area contributed by atoms with Gasteiger partial charge < -0.3 is 5.32 Å². The van der Waals surface area contributed by atoms with Gasteiger partial charge in [0.15, 0.2) is 0 Å². The fourth-order valence-electron chi connectivity index (χ4n) is 0.977. The number of hydrogen-bond donors (Lipinski definition) is 1. The van der Waals surface area contributed by atoms with Crippen molar-refractivity contribution in [1.82, 2.24) is 5.32 Å². The summed E-state index contributed by atoms with van der Waals surface area (Å²) in [5.41, 5.74) is 1.22. The van der Waals surface area contributed by atoms with Gasteiger partial charge in [-0.05, 0) is 35.7 Å². The van der Waals surface area contributed by atoms with E-state index in [4.69, 9.17) is 5.26 Å². The molecule has 1 N–H and O–H groups in total. The Hall–Kier alpha value is -1.34. The number of nitrogens with one attached hydrogen (secondary N) is 1. The van der Waals surface area contributed by atoms with E-state index in [0.717, 1.165) is 6.42 Å². The number of rotatable bonds is 4.